The van der Waals surface area contributed by atoms with Crippen LogP contribution in [0.4, 0.5) is 0 Å². The summed E-state index contributed by atoms with van der Waals surface area (Å²) in [5.41, 5.74) is 2.08. The van der Waals surface area contributed by atoms with Gasteiger partial charge in [0.15, 0.2) is 0 Å². The topological polar surface area (TPSA) is 58.6 Å². The van der Waals surface area contributed by atoms with Crippen molar-refractivity contribution in [3.05, 3.63) is 12.5 Å². The molecule has 0 bridgehead atoms. The predicted molar refractivity (Wildman–Crippen MR) is 25.5 cm³/mol. The van der Waals surface area contributed by atoms with E-state index in [0.29, 0.717) is 0 Å². The normalized spacial score (nSPS) is 17.4. The molecular weight excluding hydrogens is 132 g/mol. The third-order valence-electron chi connectivity index (χ3n) is 0.592. The van der Waals surface area contributed by atoms with Gasteiger partial charge in [0.2, 0.25) is 10.9 Å². The molecule has 0 aromatic heterocycles. The highest BCUT2D eigenvalue weighted by Crippen LogP contribution is 1.91. The van der Waals surface area contributed by atoms with Crippen molar-refractivity contribution >= 4 is 10.9 Å². The minimum absolute atomic E-state index is 0.829. The Kier molecular flexibility index (Phi) is 1.36. The maximum Gasteiger partial charge on any atom is 0.240 e. The third kappa shape index (κ3) is 0.903. The lowest BCUT2D eigenvalue weighted by Gasteiger charge is -2.01. The van der Waals surface area contributed by atoms with Gasteiger partial charge < -0.3 is 4.84 Å². The van der Waals surface area contributed by atoms with Crippen molar-refractivity contribution in [2.45, 2.75) is 0 Å². The van der Waals surface area contributed by atoms with Gasteiger partial charge in [0, 0.05) is 0 Å². The van der Waals surface area contributed by atoms with Gasteiger partial charge in [-0.05, 0) is 0 Å². The second-order valence-electron chi connectivity index (χ2n) is 1.08. The van der Waals surface area contributed by atoms with Crippen LogP contribution in [-0.2, 0) is 15.7 Å². The molecule has 0 saturated heterocycles. The van der Waals surface area contributed by atoms with Crippen LogP contribution in [0.25, 0.3) is 0 Å². The molecule has 5 nitrogen and oxygen atoms in total. The summed E-state index contributed by atoms with van der Waals surface area (Å²) in [5, 5.41) is 0. The molecule has 0 unspecified atom stereocenters. The lowest BCUT2D eigenvalue weighted by molar-refractivity contribution is 0.0855. The van der Waals surface area contributed by atoms with Crippen LogP contribution in [0.2, 0.25) is 0 Å². The number of hydrogen-bond acceptors (Lipinski definition) is 4. The summed E-state index contributed by atoms with van der Waals surface area (Å²) in [6.45, 7) is 0. The molecule has 0 radical (unpaired) electrons. The molecule has 0 fully saturated rings. The Hall–Kier alpha value is -0.750. The maximum atomic E-state index is 9.97. The van der Waals surface area contributed by atoms with Gasteiger partial charge in [0.05, 0.1) is 6.20 Å². The van der Waals surface area contributed by atoms with Gasteiger partial charge in [0.1, 0.15) is 6.26 Å². The van der Waals surface area contributed by atoms with Crippen molar-refractivity contribution in [1.82, 2.24) is 10.0 Å². The Morgan fingerprint density at radius 3 is 2.62 bits per heavy atom. The Bertz CT molecular complexity index is 166. The van der Waals surface area contributed by atoms with E-state index in [-0.39, 0.29) is 0 Å². The molecule has 1 aliphatic heterocycles. The average Bonchev–Trinajstić information content (AvgIpc) is 2.12. The molecule has 1 N–H and O–H groups in total. The molecule has 8 heavy (non-hydrogen) atoms. The van der Waals surface area contributed by atoms with E-state index in [4.69, 9.17) is 0 Å². The SMILES string of the molecule is O=[SH](=O)N1C=CON1. The molecule has 0 amide bonds. The summed E-state index contributed by atoms with van der Waals surface area (Å²) in [6.07, 6.45) is 2.48. The highest BCUT2D eigenvalue weighted by molar-refractivity contribution is 7.69. The van der Waals surface area contributed by atoms with E-state index in [0.717, 1.165) is 4.41 Å². The van der Waals surface area contributed by atoms with Gasteiger partial charge in [0.25, 0.3) is 0 Å². The predicted octanol–water partition coefficient (Wildman–Crippen LogP) is -1.26. The fraction of sp³-hybridized carbons (Fsp3) is 0. The second kappa shape index (κ2) is 2.01. The minimum atomic E-state index is -2.59. The molecule has 1 aliphatic rings. The minimum Gasteiger partial charge on any atom is -0.394 e. The van der Waals surface area contributed by atoms with E-state index in [9.17, 15) is 8.42 Å². The molecule has 0 aliphatic carbocycles. The summed E-state index contributed by atoms with van der Waals surface area (Å²) < 4.78 is 20.8. The molecule has 0 aromatic rings. The van der Waals surface area contributed by atoms with Crippen molar-refractivity contribution in [3.63, 3.8) is 0 Å². The number of nitrogens with one attached hydrogen (secondary N) is 1. The zero-order chi connectivity index (χ0) is 5.98. The number of thiol groups is 1. The zero-order valence-corrected chi connectivity index (χ0v) is 4.67. The van der Waals surface area contributed by atoms with Crippen molar-refractivity contribution in [2.24, 2.45) is 0 Å². The van der Waals surface area contributed by atoms with Crippen LogP contribution in [0.5, 0.6) is 0 Å². The largest absolute Gasteiger partial charge is 0.394 e. The van der Waals surface area contributed by atoms with Crippen molar-refractivity contribution < 1.29 is 13.3 Å². The second-order valence-corrected chi connectivity index (χ2v) is 1.98. The van der Waals surface area contributed by atoms with E-state index in [1.165, 1.54) is 12.5 Å². The highest BCUT2D eigenvalue weighted by Gasteiger charge is 2.03. The monoisotopic (exact) mass is 136 g/mol. The molecular formula is C2H4N2O3S. The summed E-state index contributed by atoms with van der Waals surface area (Å²) in [7, 11) is -2.59. The fourth-order valence-corrected chi connectivity index (χ4v) is 0.568. The average molecular weight is 136 g/mol. The number of rotatable bonds is 1. The van der Waals surface area contributed by atoms with Gasteiger partial charge in [-0.25, -0.2) is 8.42 Å². The molecule has 1 rings (SSSR count). The Labute approximate surface area is 47.5 Å². The first kappa shape index (κ1) is 5.39. The van der Waals surface area contributed by atoms with Crippen LogP contribution in [0.15, 0.2) is 12.5 Å². The van der Waals surface area contributed by atoms with E-state index < -0.39 is 10.9 Å². The lowest BCUT2D eigenvalue weighted by Crippen LogP contribution is -2.25. The smallest absolute Gasteiger partial charge is 0.240 e. The summed E-state index contributed by atoms with van der Waals surface area (Å²) >= 11 is 0. The first-order chi connectivity index (χ1) is 3.80. The number of hydrogen-bond donors (Lipinski definition) is 2. The lowest BCUT2D eigenvalue weighted by atomic mass is 11.0. The van der Waals surface area contributed by atoms with Crippen LogP contribution >= 0.6 is 0 Å². The van der Waals surface area contributed by atoms with Gasteiger partial charge in [-0.2, -0.15) is 4.41 Å². The summed E-state index contributed by atoms with van der Waals surface area (Å²) in [6, 6.07) is 0. The van der Waals surface area contributed by atoms with Crippen LogP contribution < -0.4 is 5.59 Å². The molecule has 46 valence electrons. The van der Waals surface area contributed by atoms with E-state index in [1.54, 1.807) is 0 Å². The Morgan fingerprint density at radius 2 is 2.38 bits per heavy atom. The third-order valence-corrected chi connectivity index (χ3v) is 1.16. The first-order valence-corrected chi connectivity index (χ1v) is 2.95. The van der Waals surface area contributed by atoms with Crippen LogP contribution in [0, 0.1) is 0 Å². The first-order valence-electron chi connectivity index (χ1n) is 1.82. The van der Waals surface area contributed by atoms with E-state index >= 15 is 0 Å². The number of nitrogens with zero attached hydrogens (tertiary/aromatic N) is 1. The van der Waals surface area contributed by atoms with Gasteiger partial charge in [-0.1, -0.05) is 5.59 Å². The summed E-state index contributed by atoms with van der Waals surface area (Å²) in [5.74, 6) is 0. The van der Waals surface area contributed by atoms with Gasteiger partial charge in [-0.15, -0.1) is 0 Å². The van der Waals surface area contributed by atoms with E-state index in [2.05, 4.69) is 10.4 Å². The van der Waals surface area contributed by atoms with Crippen LogP contribution in [-0.4, -0.2) is 12.8 Å². The molecule has 0 spiro atoms. The van der Waals surface area contributed by atoms with Crippen molar-refractivity contribution in [3.8, 4) is 0 Å². The zero-order valence-electron chi connectivity index (χ0n) is 3.77. The van der Waals surface area contributed by atoms with E-state index in [1.807, 2.05) is 0 Å². The van der Waals surface area contributed by atoms with Gasteiger partial charge in [-0.3, -0.25) is 0 Å². The molecule has 0 saturated carbocycles. The quantitative estimate of drug-likeness (QED) is 0.441. The van der Waals surface area contributed by atoms with Crippen molar-refractivity contribution in [1.29, 1.82) is 0 Å². The molecule has 1 heterocycles. The van der Waals surface area contributed by atoms with Crippen molar-refractivity contribution in [2.75, 3.05) is 0 Å². The standard InChI is InChI=1S/C2H4N2O3S/c5-8(6)4-1-2-7-3-4/h1-3,8H. The highest BCUT2D eigenvalue weighted by atomic mass is 32.2. The Morgan fingerprint density at radius 1 is 1.62 bits per heavy atom. The molecule has 6 heteroatoms. The fourth-order valence-electron chi connectivity index (χ4n) is 0.291. The number of hydrazine groups is 1. The van der Waals surface area contributed by atoms with Gasteiger partial charge >= 0.3 is 0 Å². The van der Waals surface area contributed by atoms with Crippen LogP contribution in [0.3, 0.4) is 0 Å². The Balaban J connectivity index is 2.61. The van der Waals surface area contributed by atoms with Crippen LogP contribution in [0.1, 0.15) is 0 Å². The molecule has 0 atom stereocenters. The summed E-state index contributed by atoms with van der Waals surface area (Å²) in [4.78, 5) is 4.33. The maximum absolute atomic E-state index is 9.97. The molecule has 0 aromatic carbocycles.